The number of fused-ring (bicyclic) bond motifs is 1. The second-order valence-corrected chi connectivity index (χ2v) is 5.47. The Morgan fingerprint density at radius 2 is 2.44 bits per heavy atom. The lowest BCUT2D eigenvalue weighted by atomic mass is 10.2. The summed E-state index contributed by atoms with van der Waals surface area (Å²) in [7, 11) is 0. The van der Waals surface area contributed by atoms with Gasteiger partial charge in [-0.05, 0) is 24.3 Å². The summed E-state index contributed by atoms with van der Waals surface area (Å²) in [6, 6.07) is 1.93. The molecule has 3 rings (SSSR count). The van der Waals surface area contributed by atoms with Crippen molar-refractivity contribution in [3.8, 4) is 0 Å². The quantitative estimate of drug-likeness (QED) is 0.810. The molecule has 1 unspecified atom stereocenters. The highest BCUT2D eigenvalue weighted by atomic mass is 35.5. The minimum Gasteiger partial charge on any atom is -0.376 e. The molecule has 0 saturated carbocycles. The fourth-order valence-corrected chi connectivity index (χ4v) is 3.07. The van der Waals surface area contributed by atoms with E-state index in [0.717, 1.165) is 29.7 Å². The van der Waals surface area contributed by atoms with Crippen molar-refractivity contribution in [2.24, 2.45) is 0 Å². The zero-order chi connectivity index (χ0) is 12.4. The minimum absolute atomic E-state index is 0.228. The first-order valence-corrected chi connectivity index (χ1v) is 7.17. The summed E-state index contributed by atoms with van der Waals surface area (Å²) in [4.78, 5) is 9.56. The normalized spacial score (nSPS) is 19.7. The van der Waals surface area contributed by atoms with Gasteiger partial charge in [0, 0.05) is 12.0 Å². The summed E-state index contributed by atoms with van der Waals surface area (Å²) in [5.74, 6) is 0.632. The van der Waals surface area contributed by atoms with E-state index >= 15 is 0 Å². The Bertz CT molecular complexity index is 540. The summed E-state index contributed by atoms with van der Waals surface area (Å²) in [6.45, 7) is 1.83. The van der Waals surface area contributed by atoms with Gasteiger partial charge in [0.05, 0.1) is 12.7 Å². The number of ether oxygens (including phenoxy) is 2. The van der Waals surface area contributed by atoms with Crippen molar-refractivity contribution in [1.29, 1.82) is 0 Å². The summed E-state index contributed by atoms with van der Waals surface area (Å²) in [5, 5.41) is 3.36. The van der Waals surface area contributed by atoms with E-state index in [4.69, 9.17) is 21.1 Å². The number of thiophene rings is 1. The Labute approximate surface area is 114 Å². The third kappa shape index (κ3) is 2.64. The van der Waals surface area contributed by atoms with Crippen molar-refractivity contribution < 1.29 is 9.47 Å². The molecule has 2 aromatic heterocycles. The van der Waals surface area contributed by atoms with Crippen LogP contribution in [0.2, 0.25) is 5.15 Å². The highest BCUT2D eigenvalue weighted by Crippen LogP contribution is 2.24. The molecule has 2 aromatic rings. The smallest absolute Gasteiger partial charge is 0.157 e. The maximum Gasteiger partial charge on any atom is 0.157 e. The zero-order valence-corrected chi connectivity index (χ0v) is 11.3. The largest absolute Gasteiger partial charge is 0.376 e. The molecule has 0 spiro atoms. The van der Waals surface area contributed by atoms with Crippen molar-refractivity contribution in [1.82, 2.24) is 9.97 Å². The first-order valence-electron chi connectivity index (χ1n) is 5.92. The van der Waals surface area contributed by atoms with Crippen LogP contribution >= 0.6 is 22.9 Å². The van der Waals surface area contributed by atoms with Crippen LogP contribution in [-0.2, 0) is 16.1 Å². The first kappa shape index (κ1) is 12.3. The first-order chi connectivity index (χ1) is 8.83. The van der Waals surface area contributed by atoms with Crippen molar-refractivity contribution in [3.05, 3.63) is 22.4 Å². The number of aromatic nitrogens is 2. The zero-order valence-electron chi connectivity index (χ0n) is 9.76. The number of hydrogen-bond acceptors (Lipinski definition) is 5. The molecular weight excluding hydrogens is 272 g/mol. The van der Waals surface area contributed by atoms with Gasteiger partial charge in [-0.1, -0.05) is 11.6 Å². The third-order valence-corrected chi connectivity index (χ3v) is 3.98. The van der Waals surface area contributed by atoms with Crippen LogP contribution in [0.3, 0.4) is 0 Å². The van der Waals surface area contributed by atoms with Gasteiger partial charge >= 0.3 is 0 Å². The molecule has 0 aromatic carbocycles. The van der Waals surface area contributed by atoms with Gasteiger partial charge < -0.3 is 9.47 Å². The van der Waals surface area contributed by atoms with Crippen molar-refractivity contribution in [3.63, 3.8) is 0 Å². The van der Waals surface area contributed by atoms with Crippen LogP contribution in [-0.4, -0.2) is 29.3 Å². The summed E-state index contributed by atoms with van der Waals surface area (Å²) in [5.41, 5.74) is 0. The maximum atomic E-state index is 6.08. The van der Waals surface area contributed by atoms with Crippen LogP contribution in [0.5, 0.6) is 0 Å². The molecule has 6 heteroatoms. The van der Waals surface area contributed by atoms with E-state index in [1.54, 1.807) is 11.3 Å². The SMILES string of the molecule is Clc1nc(COCC2CCCO2)nc2sccc12. The summed E-state index contributed by atoms with van der Waals surface area (Å²) in [6.07, 6.45) is 2.43. The molecular formula is C12H13ClN2O2S. The topological polar surface area (TPSA) is 44.2 Å². The van der Waals surface area contributed by atoms with Gasteiger partial charge in [-0.25, -0.2) is 9.97 Å². The Hall–Kier alpha value is -0.750. The van der Waals surface area contributed by atoms with Gasteiger partial charge in [-0.2, -0.15) is 0 Å². The van der Waals surface area contributed by atoms with Gasteiger partial charge in [0.15, 0.2) is 5.82 Å². The van der Waals surface area contributed by atoms with Crippen LogP contribution in [0.1, 0.15) is 18.7 Å². The van der Waals surface area contributed by atoms with E-state index in [-0.39, 0.29) is 6.10 Å². The lowest BCUT2D eigenvalue weighted by Crippen LogP contribution is -2.14. The average Bonchev–Trinajstić information content (AvgIpc) is 2.99. The van der Waals surface area contributed by atoms with Gasteiger partial charge in [-0.3, -0.25) is 0 Å². The Kier molecular flexibility index (Phi) is 3.75. The molecule has 3 heterocycles. The molecule has 0 aliphatic carbocycles. The van der Waals surface area contributed by atoms with Crippen molar-refractivity contribution in [2.45, 2.75) is 25.6 Å². The van der Waals surface area contributed by atoms with Gasteiger partial charge in [0.25, 0.3) is 0 Å². The average molecular weight is 285 g/mol. The highest BCUT2D eigenvalue weighted by molar-refractivity contribution is 7.16. The van der Waals surface area contributed by atoms with E-state index in [9.17, 15) is 0 Å². The van der Waals surface area contributed by atoms with E-state index in [1.807, 2.05) is 11.4 Å². The molecule has 0 bridgehead atoms. The third-order valence-electron chi connectivity index (χ3n) is 2.88. The lowest BCUT2D eigenvalue weighted by molar-refractivity contribution is 0.00872. The van der Waals surface area contributed by atoms with Crippen LogP contribution in [0.15, 0.2) is 11.4 Å². The second-order valence-electron chi connectivity index (χ2n) is 4.22. The van der Waals surface area contributed by atoms with Crippen LogP contribution in [0.4, 0.5) is 0 Å². The standard InChI is InChI=1S/C12H13ClN2O2S/c13-11-9-3-5-18-12(9)15-10(14-11)7-16-6-8-2-1-4-17-8/h3,5,8H,1-2,4,6-7H2. The fraction of sp³-hybridized carbons (Fsp3) is 0.500. The van der Waals surface area contributed by atoms with Gasteiger partial charge in [-0.15, -0.1) is 11.3 Å². The van der Waals surface area contributed by atoms with E-state index in [0.29, 0.717) is 24.2 Å². The number of halogens is 1. The van der Waals surface area contributed by atoms with Crippen LogP contribution in [0.25, 0.3) is 10.2 Å². The van der Waals surface area contributed by atoms with Gasteiger partial charge in [0.2, 0.25) is 0 Å². The molecule has 96 valence electrons. The molecule has 1 atom stereocenters. The fourth-order valence-electron chi connectivity index (χ4n) is 1.98. The number of hydrogen-bond donors (Lipinski definition) is 0. The molecule has 4 nitrogen and oxygen atoms in total. The molecule has 1 aliphatic heterocycles. The molecule has 1 aliphatic rings. The molecule has 0 N–H and O–H groups in total. The molecule has 0 radical (unpaired) electrons. The number of nitrogens with zero attached hydrogens (tertiary/aromatic N) is 2. The Morgan fingerprint density at radius 3 is 3.28 bits per heavy atom. The van der Waals surface area contributed by atoms with Crippen LogP contribution < -0.4 is 0 Å². The van der Waals surface area contributed by atoms with Crippen LogP contribution in [0, 0.1) is 0 Å². The van der Waals surface area contributed by atoms with Crippen molar-refractivity contribution in [2.75, 3.05) is 13.2 Å². The summed E-state index contributed by atoms with van der Waals surface area (Å²) >= 11 is 7.64. The Balaban J connectivity index is 1.63. The summed E-state index contributed by atoms with van der Waals surface area (Å²) < 4.78 is 11.1. The second kappa shape index (κ2) is 5.48. The minimum atomic E-state index is 0.228. The number of rotatable bonds is 4. The van der Waals surface area contributed by atoms with E-state index in [1.165, 1.54) is 0 Å². The Morgan fingerprint density at radius 1 is 1.50 bits per heavy atom. The molecule has 0 amide bonds. The highest BCUT2D eigenvalue weighted by Gasteiger charge is 2.15. The van der Waals surface area contributed by atoms with E-state index < -0.39 is 0 Å². The molecule has 1 saturated heterocycles. The van der Waals surface area contributed by atoms with E-state index in [2.05, 4.69) is 9.97 Å². The monoisotopic (exact) mass is 284 g/mol. The lowest BCUT2D eigenvalue weighted by Gasteiger charge is -2.09. The van der Waals surface area contributed by atoms with Gasteiger partial charge in [0.1, 0.15) is 16.6 Å². The molecule has 18 heavy (non-hydrogen) atoms. The van der Waals surface area contributed by atoms with Crippen molar-refractivity contribution >= 4 is 33.2 Å². The predicted molar refractivity (Wildman–Crippen MR) is 71.1 cm³/mol. The predicted octanol–water partition coefficient (Wildman–Crippen LogP) is 3.04. The molecule has 1 fully saturated rings. The maximum absolute atomic E-state index is 6.08.